The molecule has 134 valence electrons. The van der Waals surface area contributed by atoms with Crippen molar-refractivity contribution in [3.05, 3.63) is 81.1 Å². The topological polar surface area (TPSA) is 46.9 Å². The molecule has 1 heterocycles. The fourth-order valence-electron chi connectivity index (χ4n) is 2.86. The van der Waals surface area contributed by atoms with Crippen LogP contribution in [-0.4, -0.2) is 15.7 Å². The average molecular weight is 388 g/mol. The molecule has 0 spiro atoms. The third-order valence-corrected chi connectivity index (χ3v) is 5.01. The van der Waals surface area contributed by atoms with E-state index in [-0.39, 0.29) is 12.3 Å². The number of hydrogen-bond acceptors (Lipinski definition) is 2. The van der Waals surface area contributed by atoms with Crippen LogP contribution < -0.4 is 5.32 Å². The van der Waals surface area contributed by atoms with Gasteiger partial charge < -0.3 is 5.32 Å². The molecule has 6 heteroatoms. The second-order valence-corrected chi connectivity index (χ2v) is 6.86. The van der Waals surface area contributed by atoms with Crippen LogP contribution in [0.2, 0.25) is 10.0 Å². The summed E-state index contributed by atoms with van der Waals surface area (Å²) in [6.45, 7) is 4.35. The van der Waals surface area contributed by atoms with E-state index in [0.717, 1.165) is 22.6 Å². The van der Waals surface area contributed by atoms with Crippen molar-refractivity contribution in [1.82, 2.24) is 15.1 Å². The number of rotatable bonds is 5. The Morgan fingerprint density at radius 2 is 1.65 bits per heavy atom. The Hall–Kier alpha value is -2.30. The lowest BCUT2D eigenvalue weighted by molar-refractivity contribution is -0.120. The maximum Gasteiger partial charge on any atom is 0.224 e. The molecule has 0 atom stereocenters. The zero-order valence-corrected chi connectivity index (χ0v) is 16.1. The molecule has 1 N–H and O–H groups in total. The molecule has 0 saturated carbocycles. The van der Waals surface area contributed by atoms with Crippen LogP contribution in [-0.2, 0) is 17.8 Å². The van der Waals surface area contributed by atoms with Gasteiger partial charge in [-0.15, -0.1) is 0 Å². The second-order valence-electron chi connectivity index (χ2n) is 6.05. The number of para-hydroxylation sites is 1. The minimum atomic E-state index is -0.133. The quantitative estimate of drug-likeness (QED) is 0.691. The number of hydrogen-bond donors (Lipinski definition) is 1. The van der Waals surface area contributed by atoms with E-state index in [2.05, 4.69) is 10.4 Å². The minimum Gasteiger partial charge on any atom is -0.352 e. The van der Waals surface area contributed by atoms with Crippen LogP contribution in [0.3, 0.4) is 0 Å². The number of nitrogens with zero attached hydrogens (tertiary/aromatic N) is 2. The van der Waals surface area contributed by atoms with E-state index >= 15 is 0 Å². The van der Waals surface area contributed by atoms with Gasteiger partial charge in [-0.2, -0.15) is 5.10 Å². The molecule has 0 bridgehead atoms. The molecular weight excluding hydrogens is 369 g/mol. The van der Waals surface area contributed by atoms with Crippen LogP contribution in [0.15, 0.2) is 48.5 Å². The van der Waals surface area contributed by atoms with E-state index in [1.54, 1.807) is 18.2 Å². The lowest BCUT2D eigenvalue weighted by Gasteiger charge is -2.09. The van der Waals surface area contributed by atoms with Crippen molar-refractivity contribution >= 4 is 29.1 Å². The van der Waals surface area contributed by atoms with Crippen LogP contribution in [0.25, 0.3) is 5.69 Å². The monoisotopic (exact) mass is 387 g/mol. The summed E-state index contributed by atoms with van der Waals surface area (Å²) in [7, 11) is 0. The van der Waals surface area contributed by atoms with Crippen LogP contribution in [0.1, 0.15) is 22.5 Å². The molecule has 4 nitrogen and oxygen atoms in total. The van der Waals surface area contributed by atoms with E-state index in [4.69, 9.17) is 23.2 Å². The maximum atomic E-state index is 12.3. The van der Waals surface area contributed by atoms with Gasteiger partial charge in [0.2, 0.25) is 5.91 Å². The van der Waals surface area contributed by atoms with Gasteiger partial charge in [0.05, 0.1) is 17.8 Å². The first-order chi connectivity index (χ1) is 12.5. The Morgan fingerprint density at radius 3 is 2.31 bits per heavy atom. The fraction of sp³-hybridized carbons (Fsp3) is 0.200. The molecule has 1 aromatic heterocycles. The molecule has 0 radical (unpaired) electrons. The van der Waals surface area contributed by atoms with Crippen molar-refractivity contribution < 1.29 is 4.79 Å². The summed E-state index contributed by atoms with van der Waals surface area (Å²) in [5, 5.41) is 8.53. The zero-order chi connectivity index (χ0) is 18.7. The Morgan fingerprint density at radius 1 is 1.00 bits per heavy atom. The largest absolute Gasteiger partial charge is 0.352 e. The van der Waals surface area contributed by atoms with Crippen molar-refractivity contribution in [1.29, 1.82) is 0 Å². The van der Waals surface area contributed by atoms with Gasteiger partial charge >= 0.3 is 0 Å². The van der Waals surface area contributed by atoms with Gasteiger partial charge in [0.15, 0.2) is 0 Å². The second kappa shape index (κ2) is 7.94. The zero-order valence-electron chi connectivity index (χ0n) is 14.6. The van der Waals surface area contributed by atoms with E-state index < -0.39 is 0 Å². The number of nitrogens with one attached hydrogen (secondary N) is 1. The number of aromatic nitrogens is 2. The molecule has 0 aliphatic carbocycles. The van der Waals surface area contributed by atoms with Gasteiger partial charge in [0.1, 0.15) is 0 Å². The fourth-order valence-corrected chi connectivity index (χ4v) is 3.39. The highest BCUT2D eigenvalue weighted by Gasteiger charge is 2.15. The third-order valence-electron chi connectivity index (χ3n) is 4.30. The smallest absolute Gasteiger partial charge is 0.224 e. The van der Waals surface area contributed by atoms with Gasteiger partial charge in [-0.25, -0.2) is 4.68 Å². The highest BCUT2D eigenvalue weighted by Crippen LogP contribution is 2.24. The van der Waals surface area contributed by atoms with Gasteiger partial charge in [-0.05, 0) is 43.7 Å². The summed E-state index contributed by atoms with van der Waals surface area (Å²) >= 11 is 12.3. The molecule has 0 aliphatic rings. The van der Waals surface area contributed by atoms with Crippen molar-refractivity contribution in [3.8, 4) is 5.69 Å². The average Bonchev–Trinajstić information content (AvgIpc) is 2.91. The van der Waals surface area contributed by atoms with Gasteiger partial charge in [-0.1, -0.05) is 47.5 Å². The predicted molar refractivity (Wildman–Crippen MR) is 105 cm³/mol. The lowest BCUT2D eigenvalue weighted by Crippen LogP contribution is -2.25. The van der Waals surface area contributed by atoms with E-state index in [0.29, 0.717) is 22.2 Å². The first kappa shape index (κ1) is 18.5. The summed E-state index contributed by atoms with van der Waals surface area (Å²) in [4.78, 5) is 12.3. The standard InChI is InChI=1S/C20H19Cl2N3O/c1-13-17(14(2)25(24-13)15-7-4-3-5-8-15)12-23-20(26)11-16-18(21)9-6-10-19(16)22/h3-10H,11-12H2,1-2H3,(H,23,26). The number of aryl methyl sites for hydroxylation is 1. The van der Waals surface area contributed by atoms with Gasteiger partial charge in [0, 0.05) is 27.8 Å². The minimum absolute atomic E-state index is 0.133. The lowest BCUT2D eigenvalue weighted by atomic mass is 10.1. The Labute approximate surface area is 162 Å². The Kier molecular flexibility index (Phi) is 5.64. The van der Waals surface area contributed by atoms with Crippen LogP contribution in [0.5, 0.6) is 0 Å². The summed E-state index contributed by atoms with van der Waals surface area (Å²) in [6, 6.07) is 15.1. The van der Waals surface area contributed by atoms with Gasteiger partial charge in [-0.3, -0.25) is 4.79 Å². The SMILES string of the molecule is Cc1nn(-c2ccccc2)c(C)c1CNC(=O)Cc1c(Cl)cccc1Cl. The van der Waals surface area contributed by atoms with Crippen LogP contribution in [0, 0.1) is 13.8 Å². The van der Waals surface area contributed by atoms with E-state index in [1.165, 1.54) is 0 Å². The van der Waals surface area contributed by atoms with Gasteiger partial charge in [0.25, 0.3) is 0 Å². The van der Waals surface area contributed by atoms with E-state index in [9.17, 15) is 4.79 Å². The first-order valence-corrected chi connectivity index (χ1v) is 9.03. The van der Waals surface area contributed by atoms with Crippen molar-refractivity contribution in [3.63, 3.8) is 0 Å². The summed E-state index contributed by atoms with van der Waals surface area (Å²) < 4.78 is 1.89. The van der Waals surface area contributed by atoms with Crippen LogP contribution >= 0.6 is 23.2 Å². The summed E-state index contributed by atoms with van der Waals surface area (Å²) in [5.74, 6) is -0.133. The third kappa shape index (κ3) is 3.92. The molecule has 2 aromatic carbocycles. The number of amides is 1. The van der Waals surface area contributed by atoms with E-state index in [1.807, 2.05) is 48.9 Å². The summed E-state index contributed by atoms with van der Waals surface area (Å²) in [6.07, 6.45) is 0.142. The normalized spacial score (nSPS) is 10.8. The van der Waals surface area contributed by atoms with Crippen molar-refractivity contribution in [2.45, 2.75) is 26.8 Å². The highest BCUT2D eigenvalue weighted by atomic mass is 35.5. The Balaban J connectivity index is 1.72. The molecule has 26 heavy (non-hydrogen) atoms. The molecule has 0 fully saturated rings. The van der Waals surface area contributed by atoms with Crippen molar-refractivity contribution in [2.24, 2.45) is 0 Å². The molecular formula is C20H19Cl2N3O. The number of benzene rings is 2. The molecule has 0 aliphatic heterocycles. The summed E-state index contributed by atoms with van der Waals surface area (Å²) in [5.41, 5.74) is 4.54. The molecule has 1 amide bonds. The molecule has 0 saturated heterocycles. The maximum absolute atomic E-state index is 12.3. The number of carbonyl (C=O) groups excluding carboxylic acids is 1. The van der Waals surface area contributed by atoms with Crippen molar-refractivity contribution in [2.75, 3.05) is 0 Å². The highest BCUT2D eigenvalue weighted by molar-refractivity contribution is 6.36. The number of halogens is 2. The number of carbonyl (C=O) groups is 1. The Bertz CT molecular complexity index is 915. The van der Waals surface area contributed by atoms with Crippen LogP contribution in [0.4, 0.5) is 0 Å². The first-order valence-electron chi connectivity index (χ1n) is 8.27. The molecule has 3 aromatic rings. The predicted octanol–water partition coefficient (Wildman–Crippen LogP) is 4.65. The molecule has 3 rings (SSSR count). The molecule has 0 unspecified atom stereocenters.